The Hall–Kier alpha value is -2.47. The lowest BCUT2D eigenvalue weighted by molar-refractivity contribution is -0.122. The van der Waals surface area contributed by atoms with Crippen molar-refractivity contribution in [2.45, 2.75) is 13.8 Å². The first-order valence-electron chi connectivity index (χ1n) is 7.86. The van der Waals surface area contributed by atoms with Gasteiger partial charge in [0.05, 0.1) is 4.91 Å². The molecule has 0 atom stereocenters. The van der Waals surface area contributed by atoms with Crippen molar-refractivity contribution in [1.82, 2.24) is 9.47 Å². The number of hydrogen-bond acceptors (Lipinski definition) is 4. The fourth-order valence-corrected chi connectivity index (χ4v) is 3.62. The first-order chi connectivity index (χ1) is 11.6. The number of hydrogen-bond donors (Lipinski definition) is 1. The zero-order chi connectivity index (χ0) is 17.1. The minimum Gasteiger partial charge on any atom is -0.508 e. The fraction of sp³-hybridized carbons (Fsp3) is 0.222. The van der Waals surface area contributed by atoms with E-state index in [-0.39, 0.29) is 11.7 Å². The molecule has 1 aliphatic rings. The zero-order valence-electron chi connectivity index (χ0n) is 13.6. The lowest BCUT2D eigenvalue weighted by Gasteiger charge is -2.11. The number of likely N-dealkylation sites (N-methyl/N-ethyl adjacent to an activating group) is 1. The summed E-state index contributed by atoms with van der Waals surface area (Å²) in [5.41, 5.74) is 1.83. The van der Waals surface area contributed by atoms with E-state index in [2.05, 4.69) is 4.99 Å². The summed E-state index contributed by atoms with van der Waals surface area (Å²) in [6.45, 7) is 5.18. The van der Waals surface area contributed by atoms with Crippen molar-refractivity contribution in [2.24, 2.45) is 4.99 Å². The third-order valence-electron chi connectivity index (χ3n) is 3.68. The summed E-state index contributed by atoms with van der Waals surface area (Å²) in [6, 6.07) is 10.9. The van der Waals surface area contributed by atoms with Gasteiger partial charge in [-0.2, -0.15) is 0 Å². The maximum absolute atomic E-state index is 12.6. The van der Waals surface area contributed by atoms with Gasteiger partial charge in [-0.1, -0.05) is 0 Å². The van der Waals surface area contributed by atoms with Crippen molar-refractivity contribution in [3.05, 3.63) is 53.2 Å². The van der Waals surface area contributed by atoms with Gasteiger partial charge < -0.3 is 9.67 Å². The van der Waals surface area contributed by atoms with Crippen LogP contribution in [-0.2, 0) is 4.79 Å². The molecule has 0 saturated carbocycles. The Balaban J connectivity index is 1.96. The molecule has 1 N–H and O–H groups in total. The van der Waals surface area contributed by atoms with E-state index in [0.29, 0.717) is 18.0 Å². The highest BCUT2D eigenvalue weighted by molar-refractivity contribution is 8.18. The standard InChI is InChI=1S/C18H19N3O2S/c1-3-19-18-20(4-2)17(23)16(24-18)12-14-6-5-11-21(14)13-7-9-15(22)10-8-13/h5-12,22H,3-4H2,1-2H3. The van der Waals surface area contributed by atoms with Crippen molar-refractivity contribution < 1.29 is 9.90 Å². The number of benzene rings is 1. The van der Waals surface area contributed by atoms with Crippen LogP contribution in [0.2, 0.25) is 0 Å². The Kier molecular flexibility index (Phi) is 4.76. The van der Waals surface area contributed by atoms with Crippen molar-refractivity contribution in [3.63, 3.8) is 0 Å². The van der Waals surface area contributed by atoms with Crippen LogP contribution in [0.1, 0.15) is 19.5 Å². The molecule has 124 valence electrons. The molecule has 24 heavy (non-hydrogen) atoms. The van der Waals surface area contributed by atoms with Crippen LogP contribution in [0.3, 0.4) is 0 Å². The summed E-state index contributed by atoms with van der Waals surface area (Å²) in [6.07, 6.45) is 3.82. The van der Waals surface area contributed by atoms with Crippen LogP contribution in [0.25, 0.3) is 11.8 Å². The molecule has 5 nitrogen and oxygen atoms in total. The molecule has 2 aromatic rings. The topological polar surface area (TPSA) is 57.8 Å². The molecule has 6 heteroatoms. The van der Waals surface area contributed by atoms with Gasteiger partial charge in [-0.05, 0) is 68.1 Å². The van der Waals surface area contributed by atoms with Crippen LogP contribution in [0, 0.1) is 0 Å². The molecule has 1 aromatic carbocycles. The lowest BCUT2D eigenvalue weighted by Crippen LogP contribution is -2.28. The molecule has 0 unspecified atom stereocenters. The number of nitrogens with zero attached hydrogens (tertiary/aromatic N) is 3. The maximum atomic E-state index is 12.6. The zero-order valence-corrected chi connectivity index (χ0v) is 14.5. The maximum Gasteiger partial charge on any atom is 0.266 e. The molecule has 1 fully saturated rings. The molecule has 0 aliphatic carbocycles. The van der Waals surface area contributed by atoms with Crippen LogP contribution < -0.4 is 0 Å². The average molecular weight is 341 g/mol. The van der Waals surface area contributed by atoms with E-state index < -0.39 is 0 Å². The molecular weight excluding hydrogens is 322 g/mol. The molecule has 0 spiro atoms. The number of carbonyl (C=O) groups is 1. The van der Waals surface area contributed by atoms with Gasteiger partial charge in [0.2, 0.25) is 0 Å². The fourth-order valence-electron chi connectivity index (χ4n) is 2.53. The molecule has 1 saturated heterocycles. The van der Waals surface area contributed by atoms with Gasteiger partial charge in [0, 0.05) is 30.7 Å². The normalized spacial score (nSPS) is 18.1. The Labute approximate surface area is 145 Å². The van der Waals surface area contributed by atoms with Gasteiger partial charge in [-0.3, -0.25) is 14.7 Å². The van der Waals surface area contributed by atoms with Gasteiger partial charge in [0.15, 0.2) is 5.17 Å². The summed E-state index contributed by atoms with van der Waals surface area (Å²) in [5.74, 6) is 0.222. The van der Waals surface area contributed by atoms with E-state index >= 15 is 0 Å². The van der Waals surface area contributed by atoms with Gasteiger partial charge in [0.25, 0.3) is 5.91 Å². The van der Waals surface area contributed by atoms with Crippen LogP contribution in [0.15, 0.2) is 52.5 Å². The van der Waals surface area contributed by atoms with Crippen LogP contribution in [0.5, 0.6) is 5.75 Å². The highest BCUT2D eigenvalue weighted by atomic mass is 32.2. The minimum absolute atomic E-state index is 0.00634. The van der Waals surface area contributed by atoms with E-state index in [0.717, 1.165) is 16.5 Å². The van der Waals surface area contributed by atoms with Crippen LogP contribution >= 0.6 is 11.8 Å². The van der Waals surface area contributed by atoms with E-state index in [9.17, 15) is 9.90 Å². The number of amides is 1. The number of carbonyl (C=O) groups excluding carboxylic acids is 1. The number of aliphatic imine (C=N–C) groups is 1. The van der Waals surface area contributed by atoms with E-state index in [1.807, 2.05) is 55.0 Å². The first-order valence-corrected chi connectivity index (χ1v) is 8.68. The number of aromatic hydroxyl groups is 1. The van der Waals surface area contributed by atoms with Crippen molar-refractivity contribution in [3.8, 4) is 11.4 Å². The molecule has 0 bridgehead atoms. The third-order valence-corrected chi connectivity index (χ3v) is 4.73. The molecule has 1 aliphatic heterocycles. The highest BCUT2D eigenvalue weighted by Gasteiger charge is 2.32. The molecule has 1 aromatic heterocycles. The Morgan fingerprint density at radius 3 is 2.62 bits per heavy atom. The van der Waals surface area contributed by atoms with Gasteiger partial charge >= 0.3 is 0 Å². The smallest absolute Gasteiger partial charge is 0.266 e. The minimum atomic E-state index is -0.00634. The second-order valence-electron chi connectivity index (χ2n) is 5.24. The molecule has 3 rings (SSSR count). The number of phenolic OH excluding ortho intramolecular Hbond substituents is 1. The predicted molar refractivity (Wildman–Crippen MR) is 98.4 cm³/mol. The number of thioether (sulfide) groups is 1. The van der Waals surface area contributed by atoms with Crippen LogP contribution in [0.4, 0.5) is 0 Å². The van der Waals surface area contributed by atoms with Gasteiger partial charge in [-0.15, -0.1) is 0 Å². The van der Waals surface area contributed by atoms with Gasteiger partial charge in [0.1, 0.15) is 5.75 Å². The van der Waals surface area contributed by atoms with Crippen LogP contribution in [-0.4, -0.2) is 38.7 Å². The number of amidine groups is 1. The van der Waals surface area contributed by atoms with Crippen molar-refractivity contribution >= 4 is 28.9 Å². The van der Waals surface area contributed by atoms with Gasteiger partial charge in [-0.25, -0.2) is 0 Å². The summed E-state index contributed by atoms with van der Waals surface area (Å²) >= 11 is 1.41. The SMILES string of the molecule is CCN=C1SC(=Cc2cccn2-c2ccc(O)cc2)C(=O)N1CC. The second kappa shape index (κ2) is 6.97. The van der Waals surface area contributed by atoms with Crippen molar-refractivity contribution in [2.75, 3.05) is 13.1 Å². The lowest BCUT2D eigenvalue weighted by atomic mass is 10.3. The molecule has 2 heterocycles. The van der Waals surface area contributed by atoms with Crippen molar-refractivity contribution in [1.29, 1.82) is 0 Å². The van der Waals surface area contributed by atoms with E-state index in [1.54, 1.807) is 17.0 Å². The first kappa shape index (κ1) is 16.4. The van der Waals surface area contributed by atoms with E-state index in [4.69, 9.17) is 0 Å². The summed E-state index contributed by atoms with van der Waals surface area (Å²) < 4.78 is 1.98. The predicted octanol–water partition coefficient (Wildman–Crippen LogP) is 3.50. The monoisotopic (exact) mass is 341 g/mol. The molecular formula is C18H19N3O2S. The summed E-state index contributed by atoms with van der Waals surface area (Å²) in [7, 11) is 0. The largest absolute Gasteiger partial charge is 0.508 e. The number of aromatic nitrogens is 1. The summed E-state index contributed by atoms with van der Waals surface area (Å²) in [5, 5.41) is 10.2. The highest BCUT2D eigenvalue weighted by Crippen LogP contribution is 2.32. The average Bonchev–Trinajstić information content (AvgIpc) is 3.14. The summed E-state index contributed by atoms with van der Waals surface area (Å²) in [4.78, 5) is 19.3. The molecule has 1 amide bonds. The Bertz CT molecular complexity index is 806. The Morgan fingerprint density at radius 2 is 1.96 bits per heavy atom. The second-order valence-corrected chi connectivity index (χ2v) is 6.25. The quantitative estimate of drug-likeness (QED) is 0.866. The van der Waals surface area contributed by atoms with E-state index in [1.165, 1.54) is 11.8 Å². The third kappa shape index (κ3) is 3.10. The number of rotatable bonds is 4. The molecule has 0 radical (unpaired) electrons. The number of phenols is 1. The Morgan fingerprint density at radius 1 is 1.21 bits per heavy atom.